The van der Waals surface area contributed by atoms with Crippen LogP contribution in [0.1, 0.15) is 24.5 Å². The van der Waals surface area contributed by atoms with E-state index >= 15 is 0 Å². The van der Waals surface area contributed by atoms with Gasteiger partial charge < -0.3 is 15.2 Å². The SMILES string of the molecule is Cc1cc(C)cc(OCCC(=O)N[C@H](C)C(=O)O)c1. The maximum atomic E-state index is 11.4. The highest BCUT2D eigenvalue weighted by Crippen LogP contribution is 2.16. The van der Waals surface area contributed by atoms with Gasteiger partial charge in [0.2, 0.25) is 5.91 Å². The van der Waals surface area contributed by atoms with Crippen molar-refractivity contribution < 1.29 is 19.4 Å². The molecule has 0 saturated heterocycles. The van der Waals surface area contributed by atoms with Gasteiger partial charge in [0.25, 0.3) is 0 Å². The quantitative estimate of drug-likeness (QED) is 0.820. The standard InChI is InChI=1S/C14H19NO4/c1-9-6-10(2)8-12(7-9)19-5-4-13(16)15-11(3)14(17)18/h6-8,11H,4-5H2,1-3H3,(H,15,16)(H,17,18)/t11-/m1/s1. The molecular weight excluding hydrogens is 246 g/mol. The first-order chi connectivity index (χ1) is 8.88. The van der Waals surface area contributed by atoms with Crippen LogP contribution in [-0.2, 0) is 9.59 Å². The van der Waals surface area contributed by atoms with E-state index in [0.29, 0.717) is 0 Å². The van der Waals surface area contributed by atoms with Crippen molar-refractivity contribution in [1.29, 1.82) is 0 Å². The van der Waals surface area contributed by atoms with Gasteiger partial charge in [-0.05, 0) is 44.0 Å². The van der Waals surface area contributed by atoms with Crippen LogP contribution in [-0.4, -0.2) is 29.6 Å². The zero-order valence-electron chi connectivity index (χ0n) is 11.4. The number of aryl methyl sites for hydroxylation is 2. The van der Waals surface area contributed by atoms with E-state index in [-0.39, 0.29) is 18.9 Å². The number of benzene rings is 1. The number of hydrogen-bond acceptors (Lipinski definition) is 3. The highest BCUT2D eigenvalue weighted by Gasteiger charge is 2.13. The van der Waals surface area contributed by atoms with E-state index in [1.54, 1.807) is 0 Å². The van der Waals surface area contributed by atoms with Crippen molar-refractivity contribution in [3.8, 4) is 5.75 Å². The lowest BCUT2D eigenvalue weighted by molar-refractivity contribution is -0.141. The molecule has 1 aromatic rings. The zero-order valence-corrected chi connectivity index (χ0v) is 11.4. The van der Waals surface area contributed by atoms with Gasteiger partial charge in [-0.15, -0.1) is 0 Å². The van der Waals surface area contributed by atoms with Crippen LogP contribution in [0, 0.1) is 13.8 Å². The summed E-state index contributed by atoms with van der Waals surface area (Å²) in [5, 5.41) is 11.0. The van der Waals surface area contributed by atoms with Crippen LogP contribution >= 0.6 is 0 Å². The normalized spacial score (nSPS) is 11.7. The maximum Gasteiger partial charge on any atom is 0.325 e. The van der Waals surface area contributed by atoms with Crippen LogP contribution in [0.4, 0.5) is 0 Å². The van der Waals surface area contributed by atoms with Crippen LogP contribution in [0.25, 0.3) is 0 Å². The monoisotopic (exact) mass is 265 g/mol. The second kappa shape index (κ2) is 6.78. The fourth-order valence-corrected chi connectivity index (χ4v) is 1.65. The molecule has 0 spiro atoms. The zero-order chi connectivity index (χ0) is 14.4. The Bertz CT molecular complexity index is 450. The van der Waals surface area contributed by atoms with E-state index in [9.17, 15) is 9.59 Å². The molecule has 1 amide bonds. The fraction of sp³-hybridized carbons (Fsp3) is 0.429. The largest absolute Gasteiger partial charge is 0.493 e. The average Bonchev–Trinajstić information content (AvgIpc) is 2.27. The van der Waals surface area contributed by atoms with E-state index in [1.165, 1.54) is 6.92 Å². The predicted octanol–water partition coefficient (Wildman–Crippen LogP) is 1.66. The number of nitrogens with one attached hydrogen (secondary N) is 1. The molecule has 0 aliphatic carbocycles. The molecule has 0 saturated carbocycles. The van der Waals surface area contributed by atoms with Crippen molar-refractivity contribution in [3.05, 3.63) is 29.3 Å². The van der Waals surface area contributed by atoms with Crippen LogP contribution < -0.4 is 10.1 Å². The number of rotatable bonds is 6. The summed E-state index contributed by atoms with van der Waals surface area (Å²) < 4.78 is 5.47. The number of ether oxygens (including phenoxy) is 1. The van der Waals surface area contributed by atoms with Crippen molar-refractivity contribution in [2.45, 2.75) is 33.2 Å². The molecule has 0 aliphatic rings. The highest BCUT2D eigenvalue weighted by molar-refractivity contribution is 5.83. The minimum absolute atomic E-state index is 0.130. The first-order valence-electron chi connectivity index (χ1n) is 6.11. The lowest BCUT2D eigenvalue weighted by Crippen LogP contribution is -2.38. The highest BCUT2D eigenvalue weighted by atomic mass is 16.5. The number of aliphatic carboxylic acids is 1. The summed E-state index contributed by atoms with van der Waals surface area (Å²) in [6.07, 6.45) is 0.130. The lowest BCUT2D eigenvalue weighted by Gasteiger charge is -2.10. The maximum absolute atomic E-state index is 11.4. The molecule has 19 heavy (non-hydrogen) atoms. The molecule has 0 fully saturated rings. The Morgan fingerprint density at radius 2 is 1.84 bits per heavy atom. The topological polar surface area (TPSA) is 75.6 Å². The van der Waals surface area contributed by atoms with Crippen LogP contribution in [0.3, 0.4) is 0 Å². The van der Waals surface area contributed by atoms with Crippen LogP contribution in [0.15, 0.2) is 18.2 Å². The van der Waals surface area contributed by atoms with Gasteiger partial charge in [0, 0.05) is 0 Å². The Morgan fingerprint density at radius 1 is 1.26 bits per heavy atom. The smallest absolute Gasteiger partial charge is 0.325 e. The van der Waals surface area contributed by atoms with E-state index in [1.807, 2.05) is 32.0 Å². The summed E-state index contributed by atoms with van der Waals surface area (Å²) in [6, 6.07) is 4.94. The molecule has 0 bridgehead atoms. The third-order valence-electron chi connectivity index (χ3n) is 2.54. The molecule has 0 unspecified atom stereocenters. The van der Waals surface area contributed by atoms with Crippen molar-refractivity contribution >= 4 is 11.9 Å². The molecule has 1 atom stereocenters. The third-order valence-corrected chi connectivity index (χ3v) is 2.54. The molecule has 2 N–H and O–H groups in total. The van der Waals surface area contributed by atoms with Crippen LogP contribution in [0.5, 0.6) is 5.75 Å². The fourth-order valence-electron chi connectivity index (χ4n) is 1.65. The molecule has 0 radical (unpaired) electrons. The number of hydrogen-bond donors (Lipinski definition) is 2. The van der Waals surface area contributed by atoms with E-state index in [2.05, 4.69) is 5.32 Å². The number of carboxylic acid groups (broad SMARTS) is 1. The molecule has 104 valence electrons. The van der Waals surface area contributed by atoms with Crippen molar-refractivity contribution in [1.82, 2.24) is 5.32 Å². The Hall–Kier alpha value is -2.04. The summed E-state index contributed by atoms with van der Waals surface area (Å²) in [6.45, 7) is 5.59. The van der Waals surface area contributed by atoms with Gasteiger partial charge in [-0.3, -0.25) is 9.59 Å². The number of carbonyl (C=O) groups excluding carboxylic acids is 1. The van der Waals surface area contributed by atoms with Crippen molar-refractivity contribution in [3.63, 3.8) is 0 Å². The van der Waals surface area contributed by atoms with Gasteiger partial charge in [0.05, 0.1) is 13.0 Å². The molecule has 0 heterocycles. The summed E-state index contributed by atoms with van der Waals surface area (Å²) in [5.41, 5.74) is 2.19. The number of amides is 1. The van der Waals surface area contributed by atoms with Gasteiger partial charge >= 0.3 is 5.97 Å². The molecule has 0 aromatic heterocycles. The molecule has 0 aliphatic heterocycles. The van der Waals surface area contributed by atoms with Crippen LogP contribution in [0.2, 0.25) is 0 Å². The molecule has 5 nitrogen and oxygen atoms in total. The van der Waals surface area contributed by atoms with E-state index in [4.69, 9.17) is 9.84 Å². The Kier molecular flexibility index (Phi) is 5.36. The number of carboxylic acids is 1. The van der Waals surface area contributed by atoms with Gasteiger partial charge in [-0.2, -0.15) is 0 Å². The summed E-state index contributed by atoms with van der Waals surface area (Å²) in [5.74, 6) is -0.667. The third kappa shape index (κ3) is 5.42. The second-order valence-electron chi connectivity index (χ2n) is 4.55. The number of carbonyl (C=O) groups is 2. The minimum Gasteiger partial charge on any atom is -0.493 e. The molecular formula is C14H19NO4. The van der Waals surface area contributed by atoms with Gasteiger partial charge in [-0.25, -0.2) is 0 Å². The van der Waals surface area contributed by atoms with E-state index < -0.39 is 12.0 Å². The van der Waals surface area contributed by atoms with Crippen molar-refractivity contribution in [2.24, 2.45) is 0 Å². The van der Waals surface area contributed by atoms with Gasteiger partial charge in [-0.1, -0.05) is 6.07 Å². The summed E-state index contributed by atoms with van der Waals surface area (Å²) in [4.78, 5) is 22.0. The average molecular weight is 265 g/mol. The van der Waals surface area contributed by atoms with Gasteiger partial charge in [0.1, 0.15) is 11.8 Å². The first-order valence-corrected chi connectivity index (χ1v) is 6.11. The second-order valence-corrected chi connectivity index (χ2v) is 4.55. The lowest BCUT2D eigenvalue weighted by atomic mass is 10.1. The Morgan fingerprint density at radius 3 is 2.37 bits per heavy atom. The van der Waals surface area contributed by atoms with Gasteiger partial charge in [0.15, 0.2) is 0 Å². The summed E-state index contributed by atoms with van der Waals surface area (Å²) >= 11 is 0. The summed E-state index contributed by atoms with van der Waals surface area (Å²) in [7, 11) is 0. The first kappa shape index (κ1) is 15.0. The Labute approximate surface area is 112 Å². The molecule has 1 aromatic carbocycles. The van der Waals surface area contributed by atoms with E-state index in [0.717, 1.165) is 16.9 Å². The minimum atomic E-state index is -1.05. The Balaban J connectivity index is 2.37. The molecule has 5 heteroatoms. The van der Waals surface area contributed by atoms with Crippen molar-refractivity contribution in [2.75, 3.05) is 6.61 Å². The molecule has 1 rings (SSSR count). The predicted molar refractivity (Wildman–Crippen MR) is 71.3 cm³/mol.